The normalized spacial score (nSPS) is 10.8. The van der Waals surface area contributed by atoms with E-state index in [1.807, 2.05) is 6.07 Å². The summed E-state index contributed by atoms with van der Waals surface area (Å²) < 4.78 is 10.1. The fourth-order valence-corrected chi connectivity index (χ4v) is 1.48. The van der Waals surface area contributed by atoms with Gasteiger partial charge in [0.05, 0.1) is 0 Å². The van der Waals surface area contributed by atoms with Crippen LogP contribution in [0, 0.1) is 13.8 Å². The van der Waals surface area contributed by atoms with Crippen molar-refractivity contribution in [3.05, 3.63) is 29.8 Å². The number of nitrogens with zero attached hydrogens (tertiary/aromatic N) is 5. The summed E-state index contributed by atoms with van der Waals surface area (Å²) in [5.41, 5.74) is 1.15. The molecule has 0 aliphatic heterocycles. The van der Waals surface area contributed by atoms with Crippen LogP contribution in [-0.2, 0) is 0 Å². The van der Waals surface area contributed by atoms with Crippen molar-refractivity contribution in [2.24, 2.45) is 0 Å². The van der Waals surface area contributed by atoms with Gasteiger partial charge in [0.1, 0.15) is 11.4 Å². The van der Waals surface area contributed by atoms with E-state index in [1.165, 1.54) is 0 Å². The lowest BCUT2D eigenvalue weighted by atomic mass is 10.3. The third-order valence-electron chi connectivity index (χ3n) is 2.24. The average Bonchev–Trinajstić information content (AvgIpc) is 2.98. The maximum atomic E-state index is 5.06. The predicted octanol–water partition coefficient (Wildman–Crippen LogP) is 1.80. The molecule has 0 atom stereocenters. The monoisotopic (exact) mass is 243 g/mol. The Morgan fingerprint density at radius 2 is 1.28 bits per heavy atom. The van der Waals surface area contributed by atoms with Gasteiger partial charge in [-0.2, -0.15) is 9.97 Å². The minimum absolute atomic E-state index is 0.366. The molecule has 0 spiro atoms. The van der Waals surface area contributed by atoms with Gasteiger partial charge in [-0.15, -0.1) is 0 Å². The zero-order valence-electron chi connectivity index (χ0n) is 9.78. The van der Waals surface area contributed by atoms with Crippen molar-refractivity contribution in [2.75, 3.05) is 0 Å². The van der Waals surface area contributed by atoms with Crippen LogP contribution in [0.25, 0.3) is 23.2 Å². The summed E-state index contributed by atoms with van der Waals surface area (Å²) in [6.45, 7) is 3.50. The summed E-state index contributed by atoms with van der Waals surface area (Å²) >= 11 is 0. The molecule has 0 amide bonds. The van der Waals surface area contributed by atoms with Crippen molar-refractivity contribution in [1.82, 2.24) is 25.3 Å². The van der Waals surface area contributed by atoms with Crippen LogP contribution in [0.1, 0.15) is 11.6 Å². The minimum atomic E-state index is 0.366. The van der Waals surface area contributed by atoms with Gasteiger partial charge in [0, 0.05) is 0 Å². The minimum Gasteiger partial charge on any atom is -0.332 e. The summed E-state index contributed by atoms with van der Waals surface area (Å²) in [6, 6.07) is 5.37. The summed E-state index contributed by atoms with van der Waals surface area (Å²) in [5.74, 6) is 1.85. The van der Waals surface area contributed by atoms with Crippen molar-refractivity contribution < 1.29 is 9.05 Å². The lowest BCUT2D eigenvalue weighted by Crippen LogP contribution is -1.88. The first-order valence-electron chi connectivity index (χ1n) is 5.31. The molecule has 7 nitrogen and oxygen atoms in total. The van der Waals surface area contributed by atoms with Crippen LogP contribution in [0.5, 0.6) is 0 Å². The van der Waals surface area contributed by atoms with Gasteiger partial charge < -0.3 is 9.05 Å². The predicted molar refractivity (Wildman–Crippen MR) is 60.3 cm³/mol. The van der Waals surface area contributed by atoms with Gasteiger partial charge in [-0.3, -0.25) is 0 Å². The first-order chi connectivity index (χ1) is 8.72. The van der Waals surface area contributed by atoms with E-state index in [1.54, 1.807) is 26.0 Å². The van der Waals surface area contributed by atoms with Gasteiger partial charge in [-0.1, -0.05) is 16.4 Å². The molecular formula is C11H9N5O2. The second-order valence-corrected chi connectivity index (χ2v) is 3.70. The van der Waals surface area contributed by atoms with Crippen molar-refractivity contribution >= 4 is 0 Å². The molecule has 0 saturated heterocycles. The molecule has 0 radical (unpaired) electrons. The number of pyridine rings is 1. The zero-order valence-corrected chi connectivity index (χ0v) is 9.78. The molecule has 0 aliphatic carbocycles. The summed E-state index contributed by atoms with van der Waals surface area (Å²) in [5, 5.41) is 7.44. The highest BCUT2D eigenvalue weighted by Gasteiger charge is 2.12. The van der Waals surface area contributed by atoms with Crippen LogP contribution in [0.2, 0.25) is 0 Å². The number of aryl methyl sites for hydroxylation is 2. The molecule has 3 aromatic rings. The van der Waals surface area contributed by atoms with Crippen LogP contribution in [0.3, 0.4) is 0 Å². The fraction of sp³-hybridized carbons (Fsp3) is 0.182. The molecule has 0 fully saturated rings. The van der Waals surface area contributed by atoms with E-state index in [0.717, 1.165) is 0 Å². The quantitative estimate of drug-likeness (QED) is 0.677. The molecule has 0 bridgehead atoms. The third-order valence-corrected chi connectivity index (χ3v) is 2.24. The van der Waals surface area contributed by atoms with E-state index >= 15 is 0 Å². The number of rotatable bonds is 2. The molecule has 3 heterocycles. The number of aromatic nitrogens is 5. The van der Waals surface area contributed by atoms with Crippen LogP contribution >= 0.6 is 0 Å². The van der Waals surface area contributed by atoms with Gasteiger partial charge in [0.2, 0.25) is 0 Å². The smallest absolute Gasteiger partial charge is 0.276 e. The maximum absolute atomic E-state index is 5.06. The Morgan fingerprint density at radius 3 is 1.67 bits per heavy atom. The van der Waals surface area contributed by atoms with E-state index in [-0.39, 0.29) is 0 Å². The molecular weight excluding hydrogens is 234 g/mol. The van der Waals surface area contributed by atoms with Crippen molar-refractivity contribution in [3.8, 4) is 23.2 Å². The van der Waals surface area contributed by atoms with Gasteiger partial charge in [-0.25, -0.2) is 4.98 Å². The first-order valence-corrected chi connectivity index (χ1v) is 5.31. The van der Waals surface area contributed by atoms with Crippen molar-refractivity contribution in [3.63, 3.8) is 0 Å². The van der Waals surface area contributed by atoms with E-state index in [9.17, 15) is 0 Å². The van der Waals surface area contributed by atoms with E-state index in [4.69, 9.17) is 9.05 Å². The molecule has 90 valence electrons. The zero-order chi connectivity index (χ0) is 12.5. The second-order valence-electron chi connectivity index (χ2n) is 3.70. The molecule has 0 N–H and O–H groups in total. The lowest BCUT2D eigenvalue weighted by Gasteiger charge is -1.96. The second kappa shape index (κ2) is 4.02. The Bertz CT molecular complexity index is 633. The van der Waals surface area contributed by atoms with E-state index in [0.29, 0.717) is 34.8 Å². The van der Waals surface area contributed by atoms with E-state index < -0.39 is 0 Å². The van der Waals surface area contributed by atoms with Crippen LogP contribution in [0.4, 0.5) is 0 Å². The van der Waals surface area contributed by atoms with Gasteiger partial charge >= 0.3 is 0 Å². The molecule has 0 aliphatic rings. The van der Waals surface area contributed by atoms with Gasteiger partial charge in [0.25, 0.3) is 11.8 Å². The number of hydrogen-bond acceptors (Lipinski definition) is 7. The fourth-order valence-electron chi connectivity index (χ4n) is 1.48. The Balaban J connectivity index is 2.04. The molecule has 3 rings (SSSR count). The van der Waals surface area contributed by atoms with Crippen LogP contribution < -0.4 is 0 Å². The third kappa shape index (κ3) is 1.86. The van der Waals surface area contributed by atoms with Crippen LogP contribution in [0.15, 0.2) is 27.2 Å². The average molecular weight is 243 g/mol. The highest BCUT2D eigenvalue weighted by molar-refractivity contribution is 5.54. The topological polar surface area (TPSA) is 90.7 Å². The van der Waals surface area contributed by atoms with Crippen molar-refractivity contribution in [1.29, 1.82) is 0 Å². The maximum Gasteiger partial charge on any atom is 0.276 e. The highest BCUT2D eigenvalue weighted by atomic mass is 16.5. The Labute approximate surface area is 102 Å². The Kier molecular flexibility index (Phi) is 2.36. The van der Waals surface area contributed by atoms with Crippen LogP contribution in [-0.4, -0.2) is 25.3 Å². The van der Waals surface area contributed by atoms with Crippen molar-refractivity contribution in [2.45, 2.75) is 13.8 Å². The summed E-state index contributed by atoms with van der Waals surface area (Å²) in [7, 11) is 0. The highest BCUT2D eigenvalue weighted by Crippen LogP contribution is 2.20. The molecule has 0 unspecified atom stereocenters. The molecule has 18 heavy (non-hydrogen) atoms. The Morgan fingerprint density at radius 1 is 0.778 bits per heavy atom. The first kappa shape index (κ1) is 10.6. The number of hydrogen-bond donors (Lipinski definition) is 0. The molecule has 0 aromatic carbocycles. The lowest BCUT2D eigenvalue weighted by molar-refractivity contribution is 0.422. The standard InChI is InChI=1S/C11H9N5O2/c1-6-12-10(17-15-6)8-4-3-5-9(14-8)11-13-7(2)16-18-11/h3-5H,1-2H3. The van der Waals surface area contributed by atoms with Gasteiger partial charge in [0.15, 0.2) is 11.6 Å². The molecule has 3 aromatic heterocycles. The SMILES string of the molecule is Cc1noc(-c2cccc(-c3nc(C)no3)n2)n1. The Hall–Kier alpha value is -2.57. The molecule has 0 saturated carbocycles. The van der Waals surface area contributed by atoms with E-state index in [2.05, 4.69) is 25.3 Å². The largest absolute Gasteiger partial charge is 0.332 e. The van der Waals surface area contributed by atoms with Gasteiger partial charge in [-0.05, 0) is 26.0 Å². The summed E-state index contributed by atoms with van der Waals surface area (Å²) in [4.78, 5) is 12.6. The molecule has 7 heteroatoms. The summed E-state index contributed by atoms with van der Waals surface area (Å²) in [6.07, 6.45) is 0.